The van der Waals surface area contributed by atoms with Crippen molar-refractivity contribution >= 4 is 29.0 Å². The number of aryl methyl sites for hydroxylation is 1. The van der Waals surface area contributed by atoms with Gasteiger partial charge < -0.3 is 11.1 Å². The molecule has 2 rings (SSSR count). The number of carbonyl (C=O) groups is 1. The lowest BCUT2D eigenvalue weighted by Crippen LogP contribution is -2.14. The lowest BCUT2D eigenvalue weighted by atomic mass is 10.2. The third-order valence-electron chi connectivity index (χ3n) is 2.57. The summed E-state index contributed by atoms with van der Waals surface area (Å²) in [6.07, 6.45) is 0. The number of hydrogen-bond acceptors (Lipinski definition) is 3. The molecule has 5 heteroatoms. The molecule has 0 saturated heterocycles. The molecule has 3 N–H and O–H groups in total. The summed E-state index contributed by atoms with van der Waals surface area (Å²) in [4.78, 5) is 12.5. The van der Waals surface area contributed by atoms with Crippen molar-refractivity contribution in [2.24, 2.45) is 0 Å². The van der Waals surface area contributed by atoms with Gasteiger partial charge in [0.1, 0.15) is 5.82 Å². The highest BCUT2D eigenvalue weighted by Gasteiger charge is 2.05. The van der Waals surface area contributed by atoms with Gasteiger partial charge >= 0.3 is 0 Å². The molecular formula is C15H15FN2OS. The van der Waals surface area contributed by atoms with Gasteiger partial charge in [-0.25, -0.2) is 4.39 Å². The molecule has 0 aliphatic rings. The predicted octanol–water partition coefficient (Wildman–Crippen LogP) is 3.45. The minimum atomic E-state index is -0.397. The van der Waals surface area contributed by atoms with Crippen molar-refractivity contribution in [2.45, 2.75) is 11.8 Å². The highest BCUT2D eigenvalue weighted by atomic mass is 32.2. The molecule has 0 saturated carbocycles. The van der Waals surface area contributed by atoms with Gasteiger partial charge in [0, 0.05) is 16.3 Å². The van der Waals surface area contributed by atoms with Crippen LogP contribution >= 0.6 is 11.8 Å². The van der Waals surface area contributed by atoms with E-state index in [-0.39, 0.29) is 11.7 Å². The number of thioether (sulfide) groups is 1. The zero-order valence-corrected chi connectivity index (χ0v) is 11.8. The number of amides is 1. The summed E-state index contributed by atoms with van der Waals surface area (Å²) in [5.41, 5.74) is 7.74. The zero-order valence-electron chi connectivity index (χ0n) is 11.0. The highest BCUT2D eigenvalue weighted by molar-refractivity contribution is 8.00. The third kappa shape index (κ3) is 4.28. The Morgan fingerprint density at radius 3 is 2.80 bits per heavy atom. The van der Waals surface area contributed by atoms with Gasteiger partial charge in [-0.1, -0.05) is 12.1 Å². The molecule has 0 unspecified atom stereocenters. The smallest absolute Gasteiger partial charge is 0.234 e. The monoisotopic (exact) mass is 290 g/mol. The molecule has 0 bridgehead atoms. The Balaban J connectivity index is 1.92. The zero-order chi connectivity index (χ0) is 14.5. The third-order valence-corrected chi connectivity index (χ3v) is 3.54. The molecule has 1 amide bonds. The first-order valence-corrected chi connectivity index (χ1v) is 7.07. The number of hydrogen-bond donors (Lipinski definition) is 2. The van der Waals surface area contributed by atoms with Gasteiger partial charge in [-0.15, -0.1) is 11.8 Å². The average molecular weight is 290 g/mol. The van der Waals surface area contributed by atoms with E-state index in [1.165, 1.54) is 23.9 Å². The van der Waals surface area contributed by atoms with Crippen molar-refractivity contribution in [2.75, 3.05) is 16.8 Å². The van der Waals surface area contributed by atoms with Gasteiger partial charge in [0.05, 0.1) is 5.75 Å². The highest BCUT2D eigenvalue weighted by Crippen LogP contribution is 2.22. The molecule has 0 heterocycles. The predicted molar refractivity (Wildman–Crippen MR) is 81.3 cm³/mol. The van der Waals surface area contributed by atoms with E-state index in [9.17, 15) is 9.18 Å². The Morgan fingerprint density at radius 2 is 2.10 bits per heavy atom. The largest absolute Gasteiger partial charge is 0.399 e. The molecule has 104 valence electrons. The second-order valence-corrected chi connectivity index (χ2v) is 5.48. The van der Waals surface area contributed by atoms with E-state index in [4.69, 9.17) is 5.73 Å². The van der Waals surface area contributed by atoms with Crippen LogP contribution in [0.15, 0.2) is 47.4 Å². The number of halogens is 1. The molecule has 2 aromatic rings. The summed E-state index contributed by atoms with van der Waals surface area (Å²) in [5, 5.41) is 2.80. The van der Waals surface area contributed by atoms with Crippen LogP contribution in [0.5, 0.6) is 0 Å². The normalized spacial score (nSPS) is 10.3. The molecule has 20 heavy (non-hydrogen) atoms. The Bertz CT molecular complexity index is 611. The maximum atomic E-state index is 13.1. The Hall–Kier alpha value is -2.01. The SMILES string of the molecule is Cc1cccc(NC(=O)CSc2cc(N)cc(F)c2)c1. The maximum absolute atomic E-state index is 13.1. The standard InChI is InChI=1S/C15H15FN2OS/c1-10-3-2-4-13(5-10)18-15(19)9-20-14-7-11(16)6-12(17)8-14/h2-8H,9,17H2,1H3,(H,18,19). The molecule has 0 aliphatic carbocycles. The summed E-state index contributed by atoms with van der Waals surface area (Å²) in [5.74, 6) is -0.327. The van der Waals surface area contributed by atoms with E-state index in [0.29, 0.717) is 10.6 Å². The van der Waals surface area contributed by atoms with Crippen molar-refractivity contribution in [1.29, 1.82) is 0 Å². The molecule has 2 aromatic carbocycles. The van der Waals surface area contributed by atoms with E-state index < -0.39 is 5.82 Å². The van der Waals surface area contributed by atoms with Crippen LogP contribution in [0, 0.1) is 12.7 Å². The minimum absolute atomic E-state index is 0.136. The van der Waals surface area contributed by atoms with Crippen LogP contribution in [0.2, 0.25) is 0 Å². The number of nitrogens with one attached hydrogen (secondary N) is 1. The molecule has 3 nitrogen and oxygen atoms in total. The molecule has 0 aliphatic heterocycles. The first-order chi connectivity index (χ1) is 9.52. The number of rotatable bonds is 4. The average Bonchev–Trinajstić information content (AvgIpc) is 2.35. The van der Waals surface area contributed by atoms with Gasteiger partial charge in [0.2, 0.25) is 5.91 Å². The Labute approximate surface area is 121 Å². The fraction of sp³-hybridized carbons (Fsp3) is 0.133. The van der Waals surface area contributed by atoms with Crippen LogP contribution in [0.4, 0.5) is 15.8 Å². The quantitative estimate of drug-likeness (QED) is 0.670. The van der Waals surface area contributed by atoms with Gasteiger partial charge in [0.15, 0.2) is 0 Å². The number of nitrogens with two attached hydrogens (primary N) is 1. The fourth-order valence-electron chi connectivity index (χ4n) is 1.74. The van der Waals surface area contributed by atoms with Crippen LogP contribution in [0.1, 0.15) is 5.56 Å². The van der Waals surface area contributed by atoms with E-state index >= 15 is 0 Å². The molecular weight excluding hydrogens is 275 g/mol. The lowest BCUT2D eigenvalue weighted by Gasteiger charge is -2.06. The summed E-state index contributed by atoms with van der Waals surface area (Å²) in [6, 6.07) is 11.8. The van der Waals surface area contributed by atoms with E-state index in [0.717, 1.165) is 11.3 Å². The fourth-order valence-corrected chi connectivity index (χ4v) is 2.52. The van der Waals surface area contributed by atoms with E-state index in [2.05, 4.69) is 5.32 Å². The lowest BCUT2D eigenvalue weighted by molar-refractivity contribution is -0.113. The van der Waals surface area contributed by atoms with Gasteiger partial charge in [-0.05, 0) is 42.8 Å². The second-order valence-electron chi connectivity index (χ2n) is 4.43. The Morgan fingerprint density at radius 1 is 1.30 bits per heavy atom. The van der Waals surface area contributed by atoms with Crippen molar-refractivity contribution in [3.63, 3.8) is 0 Å². The first kappa shape index (κ1) is 14.4. The molecule has 0 aromatic heterocycles. The van der Waals surface area contributed by atoms with E-state index in [1.54, 1.807) is 6.07 Å². The van der Waals surface area contributed by atoms with Crippen LogP contribution in [0.3, 0.4) is 0 Å². The number of benzene rings is 2. The van der Waals surface area contributed by atoms with Crippen LogP contribution in [0.25, 0.3) is 0 Å². The summed E-state index contributed by atoms with van der Waals surface area (Å²) >= 11 is 1.25. The first-order valence-electron chi connectivity index (χ1n) is 6.08. The van der Waals surface area contributed by atoms with Crippen LogP contribution in [-0.4, -0.2) is 11.7 Å². The molecule has 0 atom stereocenters. The van der Waals surface area contributed by atoms with E-state index in [1.807, 2.05) is 31.2 Å². The van der Waals surface area contributed by atoms with Gasteiger partial charge in [-0.2, -0.15) is 0 Å². The van der Waals surface area contributed by atoms with Crippen LogP contribution < -0.4 is 11.1 Å². The topological polar surface area (TPSA) is 55.1 Å². The van der Waals surface area contributed by atoms with Gasteiger partial charge in [0.25, 0.3) is 0 Å². The van der Waals surface area contributed by atoms with Crippen molar-refractivity contribution in [1.82, 2.24) is 0 Å². The summed E-state index contributed by atoms with van der Waals surface area (Å²) < 4.78 is 13.1. The van der Waals surface area contributed by atoms with Gasteiger partial charge in [-0.3, -0.25) is 4.79 Å². The molecule has 0 fully saturated rings. The Kier molecular flexibility index (Phi) is 4.63. The number of anilines is 2. The summed E-state index contributed by atoms with van der Waals surface area (Å²) in [6.45, 7) is 1.96. The number of carbonyl (C=O) groups excluding carboxylic acids is 1. The van der Waals surface area contributed by atoms with Crippen molar-refractivity contribution < 1.29 is 9.18 Å². The maximum Gasteiger partial charge on any atom is 0.234 e. The summed E-state index contributed by atoms with van der Waals surface area (Å²) in [7, 11) is 0. The second kappa shape index (κ2) is 6.43. The number of nitrogen functional groups attached to an aromatic ring is 1. The van der Waals surface area contributed by atoms with Crippen molar-refractivity contribution in [3.05, 3.63) is 53.8 Å². The van der Waals surface area contributed by atoms with Crippen LogP contribution in [-0.2, 0) is 4.79 Å². The molecule has 0 spiro atoms. The molecule has 0 radical (unpaired) electrons. The minimum Gasteiger partial charge on any atom is -0.399 e. The van der Waals surface area contributed by atoms with Crippen molar-refractivity contribution in [3.8, 4) is 0 Å².